The molecule has 0 heterocycles. The molecule has 0 radical (unpaired) electrons. The molecule has 1 aliphatic rings. The van der Waals surface area contributed by atoms with Gasteiger partial charge in [0.1, 0.15) is 5.75 Å². The third kappa shape index (κ3) is 5.81. The van der Waals surface area contributed by atoms with E-state index in [0.29, 0.717) is 17.2 Å². The summed E-state index contributed by atoms with van der Waals surface area (Å²) >= 11 is 0. The van der Waals surface area contributed by atoms with Gasteiger partial charge in [-0.05, 0) is 48.6 Å². The van der Waals surface area contributed by atoms with Crippen LogP contribution in [0.2, 0.25) is 0 Å². The van der Waals surface area contributed by atoms with Gasteiger partial charge in [-0.25, -0.2) is 0 Å². The summed E-state index contributed by atoms with van der Waals surface area (Å²) in [6, 6.07) is 15.2. The fourth-order valence-electron chi connectivity index (χ4n) is 3.23. The van der Waals surface area contributed by atoms with Crippen LogP contribution in [0, 0.1) is 5.92 Å². The second-order valence-electron chi connectivity index (χ2n) is 7.72. The zero-order chi connectivity index (χ0) is 20.8. The summed E-state index contributed by atoms with van der Waals surface area (Å²) in [6.45, 7) is 4.36. The van der Waals surface area contributed by atoms with Gasteiger partial charge < -0.3 is 20.7 Å². The molecule has 3 N–H and O–H groups in total. The molecule has 6 heteroatoms. The lowest BCUT2D eigenvalue weighted by Gasteiger charge is -2.23. The molecule has 1 fully saturated rings. The molecule has 3 rings (SSSR count). The van der Waals surface area contributed by atoms with Crippen molar-refractivity contribution in [2.45, 2.75) is 38.8 Å². The molecule has 154 valence electrons. The van der Waals surface area contributed by atoms with E-state index in [1.165, 1.54) is 0 Å². The SMILES string of the molecule is COc1ccc(C(NCC(=O)Nc2ccccc2C(=O)NC2CC2)C(C)C)cc1. The van der Waals surface area contributed by atoms with Gasteiger partial charge in [0.15, 0.2) is 0 Å². The van der Waals surface area contributed by atoms with Gasteiger partial charge in [-0.2, -0.15) is 0 Å². The van der Waals surface area contributed by atoms with Crippen LogP contribution in [0.3, 0.4) is 0 Å². The third-order valence-corrected chi connectivity index (χ3v) is 4.98. The Kier molecular flexibility index (Phi) is 6.88. The molecule has 29 heavy (non-hydrogen) atoms. The molecule has 0 aromatic heterocycles. The van der Waals surface area contributed by atoms with Crippen molar-refractivity contribution in [3.63, 3.8) is 0 Å². The molecule has 2 amide bonds. The van der Waals surface area contributed by atoms with Gasteiger partial charge in [0.05, 0.1) is 24.9 Å². The summed E-state index contributed by atoms with van der Waals surface area (Å²) in [5, 5.41) is 9.16. The lowest BCUT2D eigenvalue weighted by atomic mass is 9.96. The molecule has 2 aromatic carbocycles. The molecule has 6 nitrogen and oxygen atoms in total. The number of hydrogen-bond donors (Lipinski definition) is 3. The minimum atomic E-state index is -0.184. The Morgan fingerprint density at radius 1 is 1.07 bits per heavy atom. The monoisotopic (exact) mass is 395 g/mol. The van der Waals surface area contributed by atoms with Gasteiger partial charge in [-0.1, -0.05) is 38.1 Å². The minimum Gasteiger partial charge on any atom is -0.497 e. The highest BCUT2D eigenvalue weighted by molar-refractivity contribution is 6.04. The van der Waals surface area contributed by atoms with Gasteiger partial charge >= 0.3 is 0 Å². The third-order valence-electron chi connectivity index (χ3n) is 4.98. The Balaban J connectivity index is 1.61. The van der Waals surface area contributed by atoms with Crippen molar-refractivity contribution in [2.24, 2.45) is 5.92 Å². The number of amides is 2. The molecule has 1 unspecified atom stereocenters. The average molecular weight is 396 g/mol. The zero-order valence-electron chi connectivity index (χ0n) is 17.2. The first-order valence-electron chi connectivity index (χ1n) is 10.0. The lowest BCUT2D eigenvalue weighted by Crippen LogP contribution is -2.34. The first-order chi connectivity index (χ1) is 14.0. The molecule has 0 aliphatic heterocycles. The van der Waals surface area contributed by atoms with Crippen LogP contribution in [0.15, 0.2) is 48.5 Å². The van der Waals surface area contributed by atoms with Gasteiger partial charge in [0, 0.05) is 12.1 Å². The van der Waals surface area contributed by atoms with Crippen LogP contribution in [0.4, 0.5) is 5.69 Å². The maximum Gasteiger partial charge on any atom is 0.253 e. The second-order valence-corrected chi connectivity index (χ2v) is 7.72. The van der Waals surface area contributed by atoms with E-state index >= 15 is 0 Å². The number of rotatable bonds is 9. The number of benzene rings is 2. The fraction of sp³-hybridized carbons (Fsp3) is 0.391. The number of methoxy groups -OCH3 is 1. The maximum absolute atomic E-state index is 12.6. The Morgan fingerprint density at radius 3 is 2.38 bits per heavy atom. The van der Waals surface area contributed by atoms with Gasteiger partial charge in [-0.3, -0.25) is 9.59 Å². The summed E-state index contributed by atoms with van der Waals surface area (Å²) in [5.41, 5.74) is 2.11. The smallest absolute Gasteiger partial charge is 0.253 e. The average Bonchev–Trinajstić information content (AvgIpc) is 3.52. The van der Waals surface area contributed by atoms with Crippen molar-refractivity contribution in [2.75, 3.05) is 19.0 Å². The highest BCUT2D eigenvalue weighted by atomic mass is 16.5. The number of carbonyl (C=O) groups is 2. The molecule has 2 aromatic rings. The number of nitrogens with one attached hydrogen (secondary N) is 3. The fourth-order valence-corrected chi connectivity index (χ4v) is 3.23. The first-order valence-corrected chi connectivity index (χ1v) is 10.0. The molecular formula is C23H29N3O3. The highest BCUT2D eigenvalue weighted by Gasteiger charge is 2.25. The molecule has 0 spiro atoms. The van der Waals surface area contributed by atoms with E-state index in [1.807, 2.05) is 30.3 Å². The van der Waals surface area contributed by atoms with Crippen molar-refractivity contribution in [1.82, 2.24) is 10.6 Å². The number of hydrogen-bond acceptors (Lipinski definition) is 4. The predicted octanol–water partition coefficient (Wildman–Crippen LogP) is 3.51. The van der Waals surface area contributed by atoms with E-state index in [4.69, 9.17) is 4.74 Å². The normalized spacial score (nSPS) is 14.3. The van der Waals surface area contributed by atoms with Crippen LogP contribution < -0.4 is 20.7 Å². The maximum atomic E-state index is 12.6. The van der Waals surface area contributed by atoms with E-state index in [9.17, 15) is 9.59 Å². The Bertz CT molecular complexity index is 845. The summed E-state index contributed by atoms with van der Waals surface area (Å²) in [5.74, 6) is 0.772. The van der Waals surface area contributed by atoms with E-state index in [-0.39, 0.29) is 30.4 Å². The van der Waals surface area contributed by atoms with Gasteiger partial charge in [0.2, 0.25) is 5.91 Å². The van der Waals surface area contributed by atoms with Crippen LogP contribution in [0.5, 0.6) is 5.75 Å². The lowest BCUT2D eigenvalue weighted by molar-refractivity contribution is -0.115. The van der Waals surface area contributed by atoms with Crippen molar-refractivity contribution in [3.05, 3.63) is 59.7 Å². The van der Waals surface area contributed by atoms with E-state index in [2.05, 4.69) is 29.8 Å². The van der Waals surface area contributed by atoms with Crippen LogP contribution >= 0.6 is 0 Å². The Hall–Kier alpha value is -2.86. The highest BCUT2D eigenvalue weighted by Crippen LogP contribution is 2.24. The molecule has 0 saturated heterocycles. The standard InChI is InChI=1S/C23H29N3O3/c1-15(2)22(16-8-12-18(29-3)13-9-16)24-14-21(27)26-20-7-5-4-6-19(20)23(28)25-17-10-11-17/h4-9,12-13,15,17,22,24H,10-11,14H2,1-3H3,(H,25,28)(H,26,27). The molecule has 1 aliphatic carbocycles. The topological polar surface area (TPSA) is 79.5 Å². The van der Waals surface area contributed by atoms with E-state index in [1.54, 1.807) is 25.3 Å². The van der Waals surface area contributed by atoms with Gasteiger partial charge in [-0.15, -0.1) is 0 Å². The van der Waals surface area contributed by atoms with Crippen molar-refractivity contribution < 1.29 is 14.3 Å². The summed E-state index contributed by atoms with van der Waals surface area (Å²) in [7, 11) is 1.64. The van der Waals surface area contributed by atoms with Crippen molar-refractivity contribution in [3.8, 4) is 5.75 Å². The zero-order valence-corrected chi connectivity index (χ0v) is 17.2. The second kappa shape index (κ2) is 9.56. The van der Waals surface area contributed by atoms with Crippen LogP contribution in [0.1, 0.15) is 48.7 Å². The summed E-state index contributed by atoms with van der Waals surface area (Å²) < 4.78 is 5.22. The van der Waals surface area contributed by atoms with Crippen molar-refractivity contribution in [1.29, 1.82) is 0 Å². The Labute approximate surface area is 172 Å². The quantitative estimate of drug-likeness (QED) is 0.607. The number of ether oxygens (including phenoxy) is 1. The largest absolute Gasteiger partial charge is 0.497 e. The molecule has 1 atom stereocenters. The van der Waals surface area contributed by atoms with Gasteiger partial charge in [0.25, 0.3) is 5.91 Å². The van der Waals surface area contributed by atoms with Crippen LogP contribution in [-0.2, 0) is 4.79 Å². The number of anilines is 1. The van der Waals surface area contributed by atoms with E-state index in [0.717, 1.165) is 24.2 Å². The summed E-state index contributed by atoms with van der Waals surface area (Å²) in [4.78, 5) is 25.0. The Morgan fingerprint density at radius 2 is 1.76 bits per heavy atom. The van der Waals surface area contributed by atoms with Crippen LogP contribution in [0.25, 0.3) is 0 Å². The van der Waals surface area contributed by atoms with Crippen molar-refractivity contribution >= 4 is 17.5 Å². The minimum absolute atomic E-state index is 0.0278. The first kappa shape index (κ1) is 20.9. The summed E-state index contributed by atoms with van der Waals surface area (Å²) in [6.07, 6.45) is 2.04. The molecule has 0 bridgehead atoms. The van der Waals surface area contributed by atoms with Crippen LogP contribution in [-0.4, -0.2) is 31.5 Å². The van der Waals surface area contributed by atoms with E-state index < -0.39 is 0 Å². The number of carbonyl (C=O) groups excluding carboxylic acids is 2. The molecule has 1 saturated carbocycles. The molecular weight excluding hydrogens is 366 g/mol. The predicted molar refractivity (Wildman–Crippen MR) is 114 cm³/mol. The number of para-hydroxylation sites is 1.